The number of quaternary nitrogens is 1. The molecule has 0 heterocycles. The maximum atomic E-state index is 12.9. The molecule has 0 saturated heterocycles. The average Bonchev–Trinajstić information content (AvgIpc) is 2.54. The first kappa shape index (κ1) is 92.4. The third kappa shape index (κ3) is 79.4. The monoisotopic (exact) mass is 1360 g/mol. The number of hydrogen-bond acceptors (Lipinski definition) is 8. The summed E-state index contributed by atoms with van der Waals surface area (Å²) in [7, 11) is 1.17. The van der Waals surface area contributed by atoms with Crippen molar-refractivity contribution in [1.29, 1.82) is 0 Å². The van der Waals surface area contributed by atoms with Gasteiger partial charge in [0.05, 0.1) is 27.7 Å². The standard InChI is InChI=1S/C86H152NO8P/c1-6-8-10-12-14-16-18-20-22-24-26-28-30-32-34-36-38-39-40-41-42-43-44-45-46-47-49-51-53-55-57-59-61-63-65-67-69-71-73-75-77-79-86(89)95-84(83-94-96(90,91)93-81-80-87(3,4)5)82-92-85(88)78-76-74-72-70-68-66-64-62-60-58-56-54-52-50-48-37-35-33-31-29-27-25-23-21-19-17-15-13-11-9-7-2/h8,10,14,16,20,22,25-28,32,34,38-39,41-42,44-45,47,49,84H,6-7,9,11-13,15,17-19,21,23-24,29-31,33,35-37,40,43,46,48,50-83H2,1-5H3/b10-8-,16-14-,22-20-,27-25-,28-26-,34-32-,39-38-,42-41-,45-44-,49-47-. The van der Waals surface area contributed by atoms with E-state index in [-0.39, 0.29) is 32.0 Å². The van der Waals surface area contributed by atoms with Crippen molar-refractivity contribution >= 4 is 19.8 Å². The molecule has 0 spiro atoms. The summed E-state index contributed by atoms with van der Waals surface area (Å²) in [5, 5.41) is 0. The Labute approximate surface area is 594 Å². The zero-order valence-electron chi connectivity index (χ0n) is 63.3. The van der Waals surface area contributed by atoms with Crippen LogP contribution in [0.15, 0.2) is 122 Å². The van der Waals surface area contributed by atoms with Crippen LogP contribution in [0.2, 0.25) is 0 Å². The van der Waals surface area contributed by atoms with Gasteiger partial charge in [-0.2, -0.15) is 0 Å². The highest BCUT2D eigenvalue weighted by atomic mass is 31.2. The number of esters is 2. The number of nitrogens with zero attached hydrogens (tertiary/aromatic N) is 1. The third-order valence-corrected chi connectivity index (χ3v) is 18.4. The van der Waals surface area contributed by atoms with E-state index in [1.807, 2.05) is 21.1 Å². The van der Waals surface area contributed by atoms with Gasteiger partial charge in [-0.25, -0.2) is 0 Å². The summed E-state index contributed by atoms with van der Waals surface area (Å²) >= 11 is 0. The van der Waals surface area contributed by atoms with Gasteiger partial charge in [-0.3, -0.25) is 14.2 Å². The highest BCUT2D eigenvalue weighted by Crippen LogP contribution is 2.38. The molecule has 9 nitrogen and oxygen atoms in total. The highest BCUT2D eigenvalue weighted by Gasteiger charge is 2.22. The quantitative estimate of drug-likeness (QED) is 0.0195. The van der Waals surface area contributed by atoms with Crippen molar-refractivity contribution in [3.8, 4) is 0 Å². The number of allylic oxidation sites excluding steroid dienone is 20. The number of phosphoric ester groups is 1. The minimum Gasteiger partial charge on any atom is -0.756 e. The minimum atomic E-state index is -4.65. The van der Waals surface area contributed by atoms with E-state index in [0.717, 1.165) is 96.3 Å². The average molecular weight is 1360 g/mol. The van der Waals surface area contributed by atoms with E-state index in [1.54, 1.807) is 0 Å². The van der Waals surface area contributed by atoms with Crippen LogP contribution < -0.4 is 4.89 Å². The second-order valence-electron chi connectivity index (χ2n) is 28.0. The number of carbonyl (C=O) groups is 2. The molecule has 0 bridgehead atoms. The molecule has 0 aliphatic carbocycles. The molecule has 0 aromatic rings. The lowest BCUT2D eigenvalue weighted by atomic mass is 10.0. The molecule has 0 aliphatic heterocycles. The number of ether oxygens (including phenoxy) is 2. The molecule has 0 fully saturated rings. The second-order valence-corrected chi connectivity index (χ2v) is 29.5. The van der Waals surface area contributed by atoms with E-state index >= 15 is 0 Å². The fourth-order valence-electron chi connectivity index (χ4n) is 11.4. The van der Waals surface area contributed by atoms with Gasteiger partial charge in [-0.15, -0.1) is 0 Å². The van der Waals surface area contributed by atoms with Gasteiger partial charge in [0.25, 0.3) is 7.82 Å². The van der Waals surface area contributed by atoms with Gasteiger partial charge < -0.3 is 27.9 Å². The SMILES string of the molecule is CC/C=C\C/C=C\C/C=C\C/C=C\C/C=C\C/C=C\C/C=C\C/C=C\C/C=C\CCCCCCCCCCCCCCCC(=O)OC(COC(=O)CCCCCCCCCCCCCCCCCCCCC/C=C\CCCCCCCCCC)COP(=O)([O-])OCC[N+](C)(C)C. The summed E-state index contributed by atoms with van der Waals surface area (Å²) in [6.07, 6.45) is 109. The van der Waals surface area contributed by atoms with Crippen LogP contribution >= 0.6 is 7.82 Å². The maximum absolute atomic E-state index is 12.9. The maximum Gasteiger partial charge on any atom is 0.306 e. The zero-order valence-corrected chi connectivity index (χ0v) is 64.2. The summed E-state index contributed by atoms with van der Waals surface area (Å²) in [6, 6.07) is 0. The first-order valence-corrected chi connectivity index (χ1v) is 41.7. The van der Waals surface area contributed by atoms with Crippen LogP contribution in [0.3, 0.4) is 0 Å². The van der Waals surface area contributed by atoms with Crippen LogP contribution in [0.5, 0.6) is 0 Å². The Morgan fingerprint density at radius 3 is 0.896 bits per heavy atom. The second kappa shape index (κ2) is 75.6. The smallest absolute Gasteiger partial charge is 0.306 e. The zero-order chi connectivity index (χ0) is 69.7. The highest BCUT2D eigenvalue weighted by molar-refractivity contribution is 7.45. The normalized spacial score (nSPS) is 13.7. The predicted octanol–water partition coefficient (Wildman–Crippen LogP) is 26.3. The molecule has 96 heavy (non-hydrogen) atoms. The fourth-order valence-corrected chi connectivity index (χ4v) is 12.1. The molecule has 2 atom stereocenters. The number of likely N-dealkylation sites (N-methyl/N-ethyl adjacent to an activating group) is 1. The lowest BCUT2D eigenvalue weighted by Gasteiger charge is -2.28. The van der Waals surface area contributed by atoms with Gasteiger partial charge >= 0.3 is 11.9 Å². The Kier molecular flexibility index (Phi) is 72.8. The van der Waals surface area contributed by atoms with Crippen LogP contribution in [0.1, 0.15) is 361 Å². The Bertz CT molecular complexity index is 2040. The predicted molar refractivity (Wildman–Crippen MR) is 415 cm³/mol. The van der Waals surface area contributed by atoms with Crippen LogP contribution in [0, 0.1) is 0 Å². The molecule has 10 heteroatoms. The number of phosphoric acid groups is 1. The van der Waals surface area contributed by atoms with Gasteiger partial charge in [0.15, 0.2) is 6.10 Å². The molecular formula is C86H152NO8P. The first-order valence-electron chi connectivity index (χ1n) is 40.2. The number of hydrogen-bond donors (Lipinski definition) is 0. The van der Waals surface area contributed by atoms with Crippen LogP contribution in [-0.2, 0) is 32.7 Å². The molecule has 0 aromatic heterocycles. The van der Waals surface area contributed by atoms with Crippen LogP contribution in [-0.4, -0.2) is 70.0 Å². The molecule has 554 valence electrons. The van der Waals surface area contributed by atoms with E-state index in [4.69, 9.17) is 18.5 Å². The molecule has 0 amide bonds. The number of rotatable bonds is 74. The molecule has 0 N–H and O–H groups in total. The lowest BCUT2D eigenvalue weighted by Crippen LogP contribution is -2.37. The Balaban J connectivity index is 3.99. The summed E-state index contributed by atoms with van der Waals surface area (Å²) in [5.74, 6) is -0.824. The van der Waals surface area contributed by atoms with E-state index in [0.29, 0.717) is 17.4 Å². The van der Waals surface area contributed by atoms with Crippen molar-refractivity contribution in [2.75, 3.05) is 47.5 Å². The Morgan fingerprint density at radius 1 is 0.333 bits per heavy atom. The van der Waals surface area contributed by atoms with E-state index in [2.05, 4.69) is 135 Å². The molecule has 0 aromatic carbocycles. The van der Waals surface area contributed by atoms with E-state index in [1.165, 1.54) is 231 Å². The summed E-state index contributed by atoms with van der Waals surface area (Å²) in [4.78, 5) is 38.2. The van der Waals surface area contributed by atoms with Crippen molar-refractivity contribution < 1.29 is 42.1 Å². The molecule has 0 rings (SSSR count). The first-order chi connectivity index (χ1) is 47.0. The van der Waals surface area contributed by atoms with Crippen molar-refractivity contribution in [2.24, 2.45) is 0 Å². The molecule has 0 aliphatic rings. The van der Waals surface area contributed by atoms with Gasteiger partial charge in [0.2, 0.25) is 0 Å². The number of carbonyl (C=O) groups excluding carboxylic acids is 2. The van der Waals surface area contributed by atoms with Gasteiger partial charge in [0.1, 0.15) is 19.8 Å². The van der Waals surface area contributed by atoms with E-state index in [9.17, 15) is 19.0 Å². The summed E-state index contributed by atoms with van der Waals surface area (Å²) in [5.41, 5.74) is 0. The molecule has 0 saturated carbocycles. The fraction of sp³-hybridized carbons (Fsp3) is 0.744. The molecule has 0 radical (unpaired) electrons. The van der Waals surface area contributed by atoms with Crippen molar-refractivity contribution in [1.82, 2.24) is 0 Å². The van der Waals surface area contributed by atoms with Gasteiger partial charge in [0, 0.05) is 12.8 Å². The Hall–Kier alpha value is -3.59. The van der Waals surface area contributed by atoms with Crippen LogP contribution in [0.4, 0.5) is 0 Å². The summed E-state index contributed by atoms with van der Waals surface area (Å²) in [6.45, 7) is 4.17. The van der Waals surface area contributed by atoms with Crippen molar-refractivity contribution in [3.63, 3.8) is 0 Å². The largest absolute Gasteiger partial charge is 0.756 e. The van der Waals surface area contributed by atoms with Crippen LogP contribution in [0.25, 0.3) is 0 Å². The number of unbranched alkanes of at least 4 members (excludes halogenated alkanes) is 40. The summed E-state index contributed by atoms with van der Waals surface area (Å²) < 4.78 is 34.4. The topological polar surface area (TPSA) is 111 Å². The van der Waals surface area contributed by atoms with Gasteiger partial charge in [-0.1, -0.05) is 360 Å². The molecule has 2 unspecified atom stereocenters. The van der Waals surface area contributed by atoms with Gasteiger partial charge in [-0.05, 0) is 109 Å². The Morgan fingerprint density at radius 2 is 0.594 bits per heavy atom. The lowest BCUT2D eigenvalue weighted by molar-refractivity contribution is -0.870. The van der Waals surface area contributed by atoms with E-state index < -0.39 is 26.5 Å². The third-order valence-electron chi connectivity index (χ3n) is 17.5. The minimum absolute atomic E-state index is 0.0334. The van der Waals surface area contributed by atoms with Crippen molar-refractivity contribution in [2.45, 2.75) is 367 Å². The molecular weight excluding hydrogens is 1210 g/mol. The van der Waals surface area contributed by atoms with Crippen molar-refractivity contribution in [3.05, 3.63) is 122 Å².